The van der Waals surface area contributed by atoms with E-state index in [0.717, 1.165) is 26.2 Å². The predicted octanol–water partition coefficient (Wildman–Crippen LogP) is 1.68. The normalized spacial score (nSPS) is 17.9. The van der Waals surface area contributed by atoms with Crippen molar-refractivity contribution in [1.82, 2.24) is 14.7 Å². The Morgan fingerprint density at radius 2 is 1.83 bits per heavy atom. The highest BCUT2D eigenvalue weighted by molar-refractivity contribution is 5.91. The number of likely N-dealkylation sites (N-methyl/N-ethyl adjacent to an activating group) is 1. The number of nitrogens with zero attached hydrogens (tertiary/aromatic N) is 7. The van der Waals surface area contributed by atoms with Crippen LogP contribution < -0.4 is 4.90 Å². The largest absolute Gasteiger partial charge is 0.446 e. The zero-order chi connectivity index (χ0) is 21.7. The molecule has 9 heteroatoms. The molecular formula is C21H27N7O2. The SMILES string of the molecule is CC(C)OC(=O)N(c1ccccc1C#N)C1CN(C(=NC#N)N2CCN(C)CC2)C1. The molecule has 0 N–H and O–H groups in total. The van der Waals surface area contributed by atoms with Crippen LogP contribution in [0.1, 0.15) is 19.4 Å². The number of piperazine rings is 1. The highest BCUT2D eigenvalue weighted by Gasteiger charge is 2.40. The number of carbonyl (C=O) groups excluding carboxylic acids is 1. The van der Waals surface area contributed by atoms with Crippen molar-refractivity contribution in [3.63, 3.8) is 0 Å². The van der Waals surface area contributed by atoms with Crippen LogP contribution in [0, 0.1) is 22.8 Å². The molecule has 1 aromatic rings. The van der Waals surface area contributed by atoms with E-state index in [1.165, 1.54) is 0 Å². The Hall–Kier alpha value is -3.30. The molecule has 2 aliphatic heterocycles. The lowest BCUT2D eigenvalue weighted by molar-refractivity contribution is 0.110. The first-order chi connectivity index (χ1) is 14.4. The molecule has 0 unspecified atom stereocenters. The van der Waals surface area contributed by atoms with E-state index in [2.05, 4.69) is 27.9 Å². The summed E-state index contributed by atoms with van der Waals surface area (Å²) in [7, 11) is 2.07. The average molecular weight is 409 g/mol. The molecule has 0 atom stereocenters. The third-order valence-corrected chi connectivity index (χ3v) is 5.26. The van der Waals surface area contributed by atoms with Crippen LogP contribution in [-0.2, 0) is 4.74 Å². The van der Waals surface area contributed by atoms with Gasteiger partial charge in [-0.1, -0.05) is 12.1 Å². The number of hydrogen-bond acceptors (Lipinski definition) is 6. The summed E-state index contributed by atoms with van der Waals surface area (Å²) in [6, 6.07) is 8.99. The number of ether oxygens (including phenoxy) is 1. The summed E-state index contributed by atoms with van der Waals surface area (Å²) >= 11 is 0. The lowest BCUT2D eigenvalue weighted by Gasteiger charge is -2.48. The minimum Gasteiger partial charge on any atom is -0.446 e. The van der Waals surface area contributed by atoms with E-state index in [4.69, 9.17) is 4.74 Å². The molecule has 1 aromatic carbocycles. The van der Waals surface area contributed by atoms with Gasteiger partial charge in [-0.25, -0.2) is 4.79 Å². The van der Waals surface area contributed by atoms with Crippen LogP contribution in [0.2, 0.25) is 0 Å². The molecule has 2 saturated heterocycles. The summed E-state index contributed by atoms with van der Waals surface area (Å²) in [6.45, 7) is 8.03. The van der Waals surface area contributed by atoms with Crippen LogP contribution in [-0.4, -0.2) is 85.2 Å². The van der Waals surface area contributed by atoms with Gasteiger partial charge in [0, 0.05) is 39.3 Å². The number of anilines is 1. The number of rotatable bonds is 3. The Balaban J connectivity index is 1.79. The number of hydrogen-bond donors (Lipinski definition) is 0. The molecule has 2 fully saturated rings. The number of amides is 1. The third kappa shape index (κ3) is 4.64. The van der Waals surface area contributed by atoms with Gasteiger partial charge in [-0.15, -0.1) is 4.99 Å². The van der Waals surface area contributed by atoms with E-state index in [0.29, 0.717) is 30.3 Å². The third-order valence-electron chi connectivity index (χ3n) is 5.26. The van der Waals surface area contributed by atoms with Crippen molar-refractivity contribution < 1.29 is 9.53 Å². The number of carbonyl (C=O) groups is 1. The first-order valence-electron chi connectivity index (χ1n) is 10.1. The molecule has 0 radical (unpaired) electrons. The number of aliphatic imine (C=N–C) groups is 1. The smallest absolute Gasteiger partial charge is 0.414 e. The monoisotopic (exact) mass is 409 g/mol. The van der Waals surface area contributed by atoms with Gasteiger partial charge in [0.1, 0.15) is 6.07 Å². The molecule has 158 valence electrons. The van der Waals surface area contributed by atoms with E-state index >= 15 is 0 Å². The summed E-state index contributed by atoms with van der Waals surface area (Å²) < 4.78 is 5.46. The first kappa shape index (κ1) is 21.4. The van der Waals surface area contributed by atoms with E-state index in [1.54, 1.807) is 43.0 Å². The predicted molar refractivity (Wildman–Crippen MR) is 113 cm³/mol. The Bertz CT molecular complexity index is 872. The van der Waals surface area contributed by atoms with Crippen LogP contribution in [0.5, 0.6) is 0 Å². The van der Waals surface area contributed by atoms with Gasteiger partial charge >= 0.3 is 6.09 Å². The molecule has 2 heterocycles. The fourth-order valence-corrected chi connectivity index (χ4v) is 3.66. The lowest BCUT2D eigenvalue weighted by Crippen LogP contribution is -2.66. The molecule has 0 bridgehead atoms. The minimum atomic E-state index is -0.476. The minimum absolute atomic E-state index is 0.179. The maximum Gasteiger partial charge on any atom is 0.414 e. The summed E-state index contributed by atoms with van der Waals surface area (Å²) in [5, 5.41) is 18.7. The van der Waals surface area contributed by atoms with Gasteiger partial charge in [-0.05, 0) is 33.0 Å². The van der Waals surface area contributed by atoms with Gasteiger partial charge in [0.05, 0.1) is 23.4 Å². The van der Waals surface area contributed by atoms with Crippen molar-refractivity contribution in [2.45, 2.75) is 26.0 Å². The molecule has 0 aliphatic carbocycles. The summed E-state index contributed by atoms with van der Waals surface area (Å²) in [5.74, 6) is 0.646. The first-order valence-corrected chi connectivity index (χ1v) is 10.1. The molecule has 2 aliphatic rings. The van der Waals surface area contributed by atoms with Gasteiger partial charge in [0.25, 0.3) is 0 Å². The molecule has 9 nitrogen and oxygen atoms in total. The van der Waals surface area contributed by atoms with Crippen LogP contribution in [0.4, 0.5) is 10.5 Å². The van der Waals surface area contributed by atoms with Crippen molar-refractivity contribution in [2.75, 3.05) is 51.2 Å². The van der Waals surface area contributed by atoms with Gasteiger partial charge < -0.3 is 19.4 Å². The van der Waals surface area contributed by atoms with Crippen LogP contribution in [0.25, 0.3) is 0 Å². The van der Waals surface area contributed by atoms with Gasteiger partial charge in [0.15, 0.2) is 0 Å². The van der Waals surface area contributed by atoms with Crippen molar-refractivity contribution in [3.8, 4) is 12.3 Å². The average Bonchev–Trinajstić information content (AvgIpc) is 2.69. The van der Waals surface area contributed by atoms with Crippen LogP contribution in [0.15, 0.2) is 29.3 Å². The van der Waals surface area contributed by atoms with E-state index in [1.807, 2.05) is 11.1 Å². The quantitative estimate of drug-likeness (QED) is 0.425. The van der Waals surface area contributed by atoms with Gasteiger partial charge in [-0.3, -0.25) is 4.90 Å². The molecule has 0 saturated carbocycles. The Morgan fingerprint density at radius 3 is 2.43 bits per heavy atom. The Kier molecular flexibility index (Phi) is 6.76. The molecule has 0 spiro atoms. The zero-order valence-electron chi connectivity index (χ0n) is 17.7. The fourth-order valence-electron chi connectivity index (χ4n) is 3.66. The topological polar surface area (TPSA) is 99.2 Å². The molecule has 3 rings (SSSR count). The van der Waals surface area contributed by atoms with E-state index in [-0.39, 0.29) is 12.1 Å². The second-order valence-electron chi connectivity index (χ2n) is 7.79. The Morgan fingerprint density at radius 1 is 1.17 bits per heavy atom. The second-order valence-corrected chi connectivity index (χ2v) is 7.79. The fraction of sp³-hybridized carbons (Fsp3) is 0.524. The summed E-state index contributed by atoms with van der Waals surface area (Å²) in [6.07, 6.45) is 1.16. The molecule has 30 heavy (non-hydrogen) atoms. The number of benzene rings is 1. The second kappa shape index (κ2) is 9.47. The highest BCUT2D eigenvalue weighted by Crippen LogP contribution is 2.28. The number of guanidine groups is 1. The van der Waals surface area contributed by atoms with E-state index < -0.39 is 6.09 Å². The van der Waals surface area contributed by atoms with Crippen molar-refractivity contribution >= 4 is 17.7 Å². The standard InChI is InChI=1S/C21H27N7O2/c1-16(2)30-21(29)28(19-7-5-4-6-17(19)12-22)18-13-27(14-18)20(24-15-23)26-10-8-25(3)9-11-26/h4-7,16,18H,8-11,13-14H2,1-3H3. The maximum atomic E-state index is 12.9. The number of para-hydroxylation sites is 1. The molecule has 0 aromatic heterocycles. The molecular weight excluding hydrogens is 382 g/mol. The Labute approximate surface area is 177 Å². The summed E-state index contributed by atoms with van der Waals surface area (Å²) in [5.41, 5.74) is 0.954. The van der Waals surface area contributed by atoms with Gasteiger partial charge in [-0.2, -0.15) is 10.5 Å². The summed E-state index contributed by atoms with van der Waals surface area (Å²) in [4.78, 5) is 24.8. The maximum absolute atomic E-state index is 12.9. The van der Waals surface area contributed by atoms with Gasteiger partial charge in [0.2, 0.25) is 12.2 Å². The number of likely N-dealkylation sites (tertiary alicyclic amines) is 1. The zero-order valence-corrected chi connectivity index (χ0v) is 17.7. The van der Waals surface area contributed by atoms with Crippen molar-refractivity contribution in [1.29, 1.82) is 10.5 Å². The van der Waals surface area contributed by atoms with Crippen LogP contribution >= 0.6 is 0 Å². The lowest BCUT2D eigenvalue weighted by atomic mass is 10.0. The van der Waals surface area contributed by atoms with Crippen LogP contribution in [0.3, 0.4) is 0 Å². The van der Waals surface area contributed by atoms with E-state index in [9.17, 15) is 15.3 Å². The van der Waals surface area contributed by atoms with Crippen molar-refractivity contribution in [2.24, 2.45) is 4.99 Å². The number of nitriles is 2. The van der Waals surface area contributed by atoms with Crippen molar-refractivity contribution in [3.05, 3.63) is 29.8 Å². The molecule has 1 amide bonds. The highest BCUT2D eigenvalue weighted by atomic mass is 16.6.